The molecule has 6 nitrogen and oxygen atoms in total. The molecule has 0 aromatic heterocycles. The summed E-state index contributed by atoms with van der Waals surface area (Å²) in [6, 6.07) is 5.49. The third-order valence-electron chi connectivity index (χ3n) is 4.08. The van der Waals surface area contributed by atoms with Gasteiger partial charge in [-0.3, -0.25) is 9.11 Å². The molecule has 2 heterocycles. The molecule has 2 saturated heterocycles. The fourth-order valence-electron chi connectivity index (χ4n) is 3.01. The standard InChI is InChI=1S/C13H17ClN4O2S/c14-13-11(16)5-9(7-15)6-12(13)17-2-3-18-10(8-17)1-4-21(18,19)20/h5-6,10,19-20H,1-4,8,16H2. The van der Waals surface area contributed by atoms with Crippen molar-refractivity contribution in [2.45, 2.75) is 12.5 Å². The second-order valence-corrected chi connectivity index (χ2v) is 7.90. The number of hydrogen-bond donors (Lipinski definition) is 3. The third kappa shape index (κ3) is 2.54. The van der Waals surface area contributed by atoms with Crippen LogP contribution in [0.15, 0.2) is 12.1 Å². The van der Waals surface area contributed by atoms with Crippen LogP contribution in [0.4, 0.5) is 11.4 Å². The average molecular weight is 329 g/mol. The molecule has 2 aliphatic heterocycles. The van der Waals surface area contributed by atoms with Crippen LogP contribution in [-0.2, 0) is 0 Å². The molecule has 8 heteroatoms. The number of rotatable bonds is 1. The Morgan fingerprint density at radius 2 is 2.14 bits per heavy atom. The summed E-state index contributed by atoms with van der Waals surface area (Å²) in [7, 11) is -2.59. The normalized spacial score (nSPS) is 26.2. The molecule has 4 N–H and O–H groups in total. The van der Waals surface area contributed by atoms with Gasteiger partial charge in [0.15, 0.2) is 0 Å². The SMILES string of the molecule is N#Cc1cc(N)c(Cl)c(N2CCN3C(CCS3(O)O)C2)c1. The lowest BCUT2D eigenvalue weighted by molar-refractivity contribution is 0.285. The number of anilines is 2. The second kappa shape index (κ2) is 5.23. The van der Waals surface area contributed by atoms with Crippen LogP contribution < -0.4 is 10.6 Å². The van der Waals surface area contributed by atoms with E-state index in [-0.39, 0.29) is 6.04 Å². The largest absolute Gasteiger partial charge is 0.397 e. The predicted molar refractivity (Wildman–Crippen MR) is 85.6 cm³/mol. The van der Waals surface area contributed by atoms with Crippen LogP contribution in [0, 0.1) is 11.3 Å². The lowest BCUT2D eigenvalue weighted by atomic mass is 10.1. The highest BCUT2D eigenvalue weighted by atomic mass is 35.5. The Morgan fingerprint density at radius 3 is 2.86 bits per heavy atom. The highest BCUT2D eigenvalue weighted by Gasteiger charge is 2.41. The number of nitrogens with zero attached hydrogens (tertiary/aromatic N) is 3. The minimum Gasteiger partial charge on any atom is -0.397 e. The number of fused-ring (bicyclic) bond motifs is 1. The topological polar surface area (TPSA) is 96.8 Å². The maximum Gasteiger partial charge on any atom is 0.0993 e. The summed E-state index contributed by atoms with van der Waals surface area (Å²) in [6.07, 6.45) is 0.754. The molecular weight excluding hydrogens is 312 g/mol. The molecule has 114 valence electrons. The molecule has 0 aliphatic carbocycles. The summed E-state index contributed by atoms with van der Waals surface area (Å²) in [5, 5.41) is 9.51. The van der Waals surface area contributed by atoms with Gasteiger partial charge in [-0.1, -0.05) is 11.6 Å². The highest BCUT2D eigenvalue weighted by Crippen LogP contribution is 2.52. The minimum atomic E-state index is -2.59. The van der Waals surface area contributed by atoms with Crippen molar-refractivity contribution >= 4 is 33.8 Å². The number of hydrogen-bond acceptors (Lipinski definition) is 6. The molecule has 0 spiro atoms. The van der Waals surface area contributed by atoms with Gasteiger partial charge in [-0.05, 0) is 18.6 Å². The van der Waals surface area contributed by atoms with Gasteiger partial charge >= 0.3 is 0 Å². The van der Waals surface area contributed by atoms with Crippen molar-refractivity contribution in [2.75, 3.05) is 36.0 Å². The molecule has 1 aromatic rings. The Kier molecular flexibility index (Phi) is 3.67. The van der Waals surface area contributed by atoms with E-state index in [4.69, 9.17) is 22.6 Å². The van der Waals surface area contributed by atoms with Gasteiger partial charge in [0.25, 0.3) is 0 Å². The van der Waals surface area contributed by atoms with Crippen molar-refractivity contribution in [3.05, 3.63) is 22.7 Å². The quantitative estimate of drug-likeness (QED) is 0.685. The molecule has 1 unspecified atom stereocenters. The van der Waals surface area contributed by atoms with Crippen molar-refractivity contribution in [2.24, 2.45) is 0 Å². The van der Waals surface area contributed by atoms with E-state index >= 15 is 0 Å². The number of nitrogen functional groups attached to an aromatic ring is 1. The van der Waals surface area contributed by atoms with Gasteiger partial charge in [-0.25, -0.2) is 0 Å². The molecule has 1 atom stereocenters. The molecule has 2 fully saturated rings. The van der Waals surface area contributed by atoms with E-state index in [1.54, 1.807) is 16.4 Å². The van der Waals surface area contributed by atoms with Crippen LogP contribution in [0.1, 0.15) is 12.0 Å². The first-order valence-corrected chi connectivity index (χ1v) is 8.74. The van der Waals surface area contributed by atoms with Gasteiger partial charge < -0.3 is 10.6 Å². The lowest BCUT2D eigenvalue weighted by Crippen LogP contribution is -2.50. The monoisotopic (exact) mass is 328 g/mol. The maximum atomic E-state index is 9.98. The van der Waals surface area contributed by atoms with E-state index in [1.807, 2.05) is 0 Å². The first-order chi connectivity index (χ1) is 9.92. The van der Waals surface area contributed by atoms with Crippen LogP contribution in [0.2, 0.25) is 5.02 Å². The van der Waals surface area contributed by atoms with Gasteiger partial charge in [0.1, 0.15) is 0 Å². The molecule has 0 radical (unpaired) electrons. The van der Waals surface area contributed by atoms with Crippen LogP contribution in [0.3, 0.4) is 0 Å². The second-order valence-electron chi connectivity index (χ2n) is 5.38. The van der Waals surface area contributed by atoms with E-state index < -0.39 is 10.8 Å². The minimum absolute atomic E-state index is 0.104. The Balaban J connectivity index is 1.87. The molecule has 0 bridgehead atoms. The van der Waals surface area contributed by atoms with Crippen LogP contribution in [0.25, 0.3) is 0 Å². The Bertz CT molecular complexity index is 619. The van der Waals surface area contributed by atoms with Gasteiger partial charge in [0.2, 0.25) is 0 Å². The van der Waals surface area contributed by atoms with Crippen molar-refractivity contribution < 1.29 is 9.11 Å². The molecular formula is C13H17ClN4O2S. The summed E-state index contributed by atoms with van der Waals surface area (Å²) in [6.45, 7) is 1.85. The molecule has 0 saturated carbocycles. The highest BCUT2D eigenvalue weighted by molar-refractivity contribution is 8.22. The van der Waals surface area contributed by atoms with Gasteiger partial charge in [0, 0.05) is 25.7 Å². The molecule has 21 heavy (non-hydrogen) atoms. The number of nitrogens with two attached hydrogens (primary N) is 1. The van der Waals surface area contributed by atoms with Crippen molar-refractivity contribution in [1.29, 1.82) is 5.26 Å². The first-order valence-electron chi connectivity index (χ1n) is 6.69. The van der Waals surface area contributed by atoms with E-state index in [2.05, 4.69) is 11.0 Å². The van der Waals surface area contributed by atoms with Crippen LogP contribution >= 0.6 is 22.4 Å². The zero-order valence-electron chi connectivity index (χ0n) is 11.4. The average Bonchev–Trinajstić information content (AvgIpc) is 2.77. The van der Waals surface area contributed by atoms with E-state index in [9.17, 15) is 9.11 Å². The third-order valence-corrected chi connectivity index (χ3v) is 6.51. The fraction of sp³-hybridized carbons (Fsp3) is 0.462. The maximum absolute atomic E-state index is 9.98. The zero-order valence-corrected chi connectivity index (χ0v) is 12.9. The summed E-state index contributed by atoms with van der Waals surface area (Å²) in [4.78, 5) is 2.07. The van der Waals surface area contributed by atoms with Crippen molar-refractivity contribution in [1.82, 2.24) is 4.31 Å². The van der Waals surface area contributed by atoms with Gasteiger partial charge in [0.05, 0.1) is 33.8 Å². The Morgan fingerprint density at radius 1 is 1.38 bits per heavy atom. The number of piperazine rings is 1. The number of benzene rings is 1. The van der Waals surface area contributed by atoms with Crippen LogP contribution in [0.5, 0.6) is 0 Å². The number of nitriles is 1. The fourth-order valence-corrected chi connectivity index (χ4v) is 5.09. The molecule has 0 amide bonds. The Hall–Kier alpha value is -1.17. The molecule has 2 aliphatic rings. The number of halogens is 1. The first kappa shape index (κ1) is 14.8. The predicted octanol–water partition coefficient (Wildman–Crippen LogP) is 2.35. The van der Waals surface area contributed by atoms with Gasteiger partial charge in [-0.15, -0.1) is 10.8 Å². The van der Waals surface area contributed by atoms with Crippen molar-refractivity contribution in [3.63, 3.8) is 0 Å². The smallest absolute Gasteiger partial charge is 0.0993 e. The van der Waals surface area contributed by atoms with Gasteiger partial charge in [-0.2, -0.15) is 9.57 Å². The molecule has 3 rings (SSSR count). The lowest BCUT2D eigenvalue weighted by Gasteiger charge is -2.45. The van der Waals surface area contributed by atoms with Crippen molar-refractivity contribution in [3.8, 4) is 6.07 Å². The summed E-state index contributed by atoms with van der Waals surface area (Å²) < 4.78 is 21.8. The Labute approximate surface area is 130 Å². The van der Waals surface area contributed by atoms with E-state index in [1.165, 1.54) is 0 Å². The summed E-state index contributed by atoms with van der Waals surface area (Å²) in [5.41, 5.74) is 7.47. The summed E-state index contributed by atoms with van der Waals surface area (Å²) >= 11 is 6.27. The summed E-state index contributed by atoms with van der Waals surface area (Å²) in [5.74, 6) is 0.430. The van der Waals surface area contributed by atoms with E-state index in [0.29, 0.717) is 41.7 Å². The van der Waals surface area contributed by atoms with E-state index in [0.717, 1.165) is 12.1 Å². The zero-order chi connectivity index (χ0) is 15.2. The van der Waals surface area contributed by atoms with Crippen LogP contribution in [-0.4, -0.2) is 44.8 Å². The molecule has 1 aromatic carbocycles.